The Kier molecular flexibility index (Phi) is 2.97. The monoisotopic (exact) mass is 219 g/mol. The van der Waals surface area contributed by atoms with Crippen LogP contribution in [0.5, 0.6) is 0 Å². The van der Waals surface area contributed by atoms with E-state index in [1.54, 1.807) is 0 Å². The van der Waals surface area contributed by atoms with Crippen LogP contribution in [0.1, 0.15) is 37.4 Å². The van der Waals surface area contributed by atoms with Gasteiger partial charge in [-0.1, -0.05) is 24.3 Å². The molecule has 86 valence electrons. The molecule has 16 heavy (non-hydrogen) atoms. The normalized spacial score (nSPS) is 20.1. The summed E-state index contributed by atoms with van der Waals surface area (Å²) in [5.41, 5.74) is 2.45. The van der Waals surface area contributed by atoms with Crippen molar-refractivity contribution in [3.05, 3.63) is 35.4 Å². The van der Waals surface area contributed by atoms with Gasteiger partial charge in [0, 0.05) is 18.6 Å². The molecule has 1 atom stereocenters. The SMILES string of the molecule is CC(C)N1Cc2ccccc2[C@@H]1CC(=O)O. The summed E-state index contributed by atoms with van der Waals surface area (Å²) in [5.74, 6) is -0.729. The Balaban J connectivity index is 2.32. The Labute approximate surface area is 95.7 Å². The molecule has 3 heteroatoms. The number of rotatable bonds is 3. The zero-order valence-corrected chi connectivity index (χ0v) is 9.68. The molecule has 0 spiro atoms. The third kappa shape index (κ3) is 1.95. The minimum Gasteiger partial charge on any atom is -0.481 e. The van der Waals surface area contributed by atoms with Gasteiger partial charge in [0.05, 0.1) is 6.42 Å². The summed E-state index contributed by atoms with van der Waals surface area (Å²) in [4.78, 5) is 13.2. The predicted octanol–water partition coefficient (Wildman–Crippen LogP) is 2.43. The Hall–Kier alpha value is -1.35. The van der Waals surface area contributed by atoms with Crippen LogP contribution in [-0.2, 0) is 11.3 Å². The van der Waals surface area contributed by atoms with Gasteiger partial charge in [0.15, 0.2) is 0 Å². The molecule has 1 heterocycles. The van der Waals surface area contributed by atoms with E-state index in [1.807, 2.05) is 18.2 Å². The molecule has 0 bridgehead atoms. The maximum Gasteiger partial charge on any atom is 0.305 e. The Morgan fingerprint density at radius 2 is 2.19 bits per heavy atom. The highest BCUT2D eigenvalue weighted by Crippen LogP contribution is 2.37. The van der Waals surface area contributed by atoms with Crippen molar-refractivity contribution in [2.75, 3.05) is 0 Å². The van der Waals surface area contributed by atoms with Crippen molar-refractivity contribution in [1.29, 1.82) is 0 Å². The van der Waals surface area contributed by atoms with Gasteiger partial charge in [-0.05, 0) is 25.0 Å². The van der Waals surface area contributed by atoms with Crippen molar-refractivity contribution < 1.29 is 9.90 Å². The largest absolute Gasteiger partial charge is 0.481 e. The Morgan fingerprint density at radius 3 is 2.81 bits per heavy atom. The van der Waals surface area contributed by atoms with E-state index in [1.165, 1.54) is 11.1 Å². The summed E-state index contributed by atoms with van der Waals surface area (Å²) in [6, 6.07) is 8.54. The molecular formula is C13H17NO2. The molecule has 1 N–H and O–H groups in total. The van der Waals surface area contributed by atoms with Gasteiger partial charge in [0.2, 0.25) is 0 Å². The van der Waals surface area contributed by atoms with Gasteiger partial charge in [0.1, 0.15) is 0 Å². The number of hydrogen-bond acceptors (Lipinski definition) is 2. The highest BCUT2D eigenvalue weighted by atomic mass is 16.4. The first-order chi connectivity index (χ1) is 7.59. The van der Waals surface area contributed by atoms with E-state index < -0.39 is 5.97 Å². The molecule has 1 aliphatic heterocycles. The fourth-order valence-corrected chi connectivity index (χ4v) is 2.42. The van der Waals surface area contributed by atoms with E-state index in [-0.39, 0.29) is 12.5 Å². The number of nitrogens with zero attached hydrogens (tertiary/aromatic N) is 1. The van der Waals surface area contributed by atoms with E-state index >= 15 is 0 Å². The number of carboxylic acid groups (broad SMARTS) is 1. The topological polar surface area (TPSA) is 40.5 Å². The van der Waals surface area contributed by atoms with Crippen LogP contribution in [0.4, 0.5) is 0 Å². The first-order valence-electron chi connectivity index (χ1n) is 5.65. The van der Waals surface area contributed by atoms with Gasteiger partial charge in [-0.15, -0.1) is 0 Å². The number of aliphatic carboxylic acids is 1. The molecule has 0 aliphatic carbocycles. The summed E-state index contributed by atoms with van der Waals surface area (Å²) in [5, 5.41) is 8.97. The van der Waals surface area contributed by atoms with Gasteiger partial charge < -0.3 is 5.11 Å². The number of benzene rings is 1. The number of fused-ring (bicyclic) bond motifs is 1. The molecule has 0 saturated carbocycles. The second-order valence-electron chi connectivity index (χ2n) is 4.58. The second-order valence-corrected chi connectivity index (χ2v) is 4.58. The van der Waals surface area contributed by atoms with Gasteiger partial charge in [-0.3, -0.25) is 9.69 Å². The molecule has 3 nitrogen and oxygen atoms in total. The van der Waals surface area contributed by atoms with Crippen LogP contribution in [0.25, 0.3) is 0 Å². The van der Waals surface area contributed by atoms with E-state index in [2.05, 4.69) is 24.8 Å². The van der Waals surface area contributed by atoms with Crippen LogP contribution in [0, 0.1) is 0 Å². The summed E-state index contributed by atoms with van der Waals surface area (Å²) in [7, 11) is 0. The molecule has 2 rings (SSSR count). The molecule has 0 unspecified atom stereocenters. The molecule has 0 radical (unpaired) electrons. The quantitative estimate of drug-likeness (QED) is 0.848. The van der Waals surface area contributed by atoms with Crippen LogP contribution >= 0.6 is 0 Å². The first-order valence-corrected chi connectivity index (χ1v) is 5.65. The molecule has 0 fully saturated rings. The highest BCUT2D eigenvalue weighted by Gasteiger charge is 2.32. The van der Waals surface area contributed by atoms with Gasteiger partial charge >= 0.3 is 5.97 Å². The summed E-state index contributed by atoms with van der Waals surface area (Å²) >= 11 is 0. The average Bonchev–Trinajstić information content (AvgIpc) is 2.57. The fourth-order valence-electron chi connectivity index (χ4n) is 2.42. The van der Waals surface area contributed by atoms with Crippen molar-refractivity contribution in [3.8, 4) is 0 Å². The number of hydrogen-bond donors (Lipinski definition) is 1. The lowest BCUT2D eigenvalue weighted by Gasteiger charge is -2.27. The lowest BCUT2D eigenvalue weighted by Crippen LogP contribution is -2.30. The van der Waals surface area contributed by atoms with Crippen molar-refractivity contribution in [2.24, 2.45) is 0 Å². The zero-order valence-electron chi connectivity index (χ0n) is 9.68. The van der Waals surface area contributed by atoms with E-state index in [4.69, 9.17) is 5.11 Å². The number of carboxylic acids is 1. The molecule has 1 aromatic rings. The van der Waals surface area contributed by atoms with Crippen LogP contribution < -0.4 is 0 Å². The average molecular weight is 219 g/mol. The van der Waals surface area contributed by atoms with E-state index in [0.717, 1.165) is 6.54 Å². The van der Waals surface area contributed by atoms with Gasteiger partial charge in [0.25, 0.3) is 0 Å². The van der Waals surface area contributed by atoms with Crippen molar-refractivity contribution in [1.82, 2.24) is 4.90 Å². The third-order valence-electron chi connectivity index (χ3n) is 3.20. The van der Waals surface area contributed by atoms with Crippen molar-refractivity contribution in [3.63, 3.8) is 0 Å². The van der Waals surface area contributed by atoms with Crippen molar-refractivity contribution >= 4 is 5.97 Å². The maximum atomic E-state index is 10.9. The number of carbonyl (C=O) groups is 1. The van der Waals surface area contributed by atoms with Crippen LogP contribution in [0.2, 0.25) is 0 Å². The third-order valence-corrected chi connectivity index (χ3v) is 3.20. The second kappa shape index (κ2) is 4.26. The molecule has 0 aromatic heterocycles. The molecular weight excluding hydrogens is 202 g/mol. The zero-order chi connectivity index (χ0) is 11.7. The smallest absolute Gasteiger partial charge is 0.305 e. The fraction of sp³-hybridized carbons (Fsp3) is 0.462. The van der Waals surface area contributed by atoms with Gasteiger partial charge in [-0.2, -0.15) is 0 Å². The summed E-state index contributed by atoms with van der Waals surface area (Å²) in [6.07, 6.45) is 0.190. The van der Waals surface area contributed by atoms with Crippen molar-refractivity contribution in [2.45, 2.75) is 38.9 Å². The van der Waals surface area contributed by atoms with Crippen LogP contribution in [0.3, 0.4) is 0 Å². The summed E-state index contributed by atoms with van der Waals surface area (Å²) < 4.78 is 0. The predicted molar refractivity (Wildman–Crippen MR) is 62.1 cm³/mol. The Morgan fingerprint density at radius 1 is 1.50 bits per heavy atom. The molecule has 1 aromatic carbocycles. The lowest BCUT2D eigenvalue weighted by atomic mass is 10.0. The Bertz CT molecular complexity index is 401. The lowest BCUT2D eigenvalue weighted by molar-refractivity contribution is -0.138. The maximum absolute atomic E-state index is 10.9. The summed E-state index contributed by atoms with van der Waals surface area (Å²) in [6.45, 7) is 5.09. The van der Waals surface area contributed by atoms with Crippen LogP contribution in [-0.4, -0.2) is 22.0 Å². The highest BCUT2D eigenvalue weighted by molar-refractivity contribution is 5.68. The standard InChI is InChI=1S/C13H17NO2/c1-9(2)14-8-10-5-3-4-6-11(10)12(14)7-13(15)16/h3-6,9,12H,7-8H2,1-2H3,(H,15,16)/t12-/m0/s1. The van der Waals surface area contributed by atoms with Crippen LogP contribution in [0.15, 0.2) is 24.3 Å². The first kappa shape index (κ1) is 11.1. The van der Waals surface area contributed by atoms with E-state index in [9.17, 15) is 4.79 Å². The van der Waals surface area contributed by atoms with Gasteiger partial charge in [-0.25, -0.2) is 0 Å². The molecule has 0 amide bonds. The minimum absolute atomic E-state index is 0.0358. The molecule has 1 aliphatic rings. The minimum atomic E-state index is -0.729. The van der Waals surface area contributed by atoms with E-state index in [0.29, 0.717) is 6.04 Å². The molecule has 0 saturated heterocycles.